The molecule has 0 spiro atoms. The maximum absolute atomic E-state index is 12.7. The number of carbonyl (C=O) groups excluding carboxylic acids is 1. The third-order valence-electron chi connectivity index (χ3n) is 3.19. The van der Waals surface area contributed by atoms with Crippen molar-refractivity contribution in [1.82, 2.24) is 9.88 Å². The van der Waals surface area contributed by atoms with Gasteiger partial charge in [0.25, 0.3) is 5.91 Å². The lowest BCUT2D eigenvalue weighted by molar-refractivity contribution is -0.118. The van der Waals surface area contributed by atoms with E-state index in [-0.39, 0.29) is 24.2 Å². The fraction of sp³-hybridized carbons (Fsp3) is 0.500. The van der Waals surface area contributed by atoms with Gasteiger partial charge in [0, 0.05) is 19.3 Å². The van der Waals surface area contributed by atoms with E-state index >= 15 is 0 Å². The fourth-order valence-electron chi connectivity index (χ4n) is 2.58. The van der Waals surface area contributed by atoms with Crippen LogP contribution in [0.2, 0.25) is 0 Å². The lowest BCUT2D eigenvalue weighted by atomic mass is 10.0. The van der Waals surface area contributed by atoms with Gasteiger partial charge in [0.2, 0.25) is 0 Å². The molecule has 2 heterocycles. The third kappa shape index (κ3) is 3.81. The van der Waals surface area contributed by atoms with E-state index in [0.717, 1.165) is 0 Å². The first-order valence-electron chi connectivity index (χ1n) is 7.04. The van der Waals surface area contributed by atoms with Crippen molar-refractivity contribution in [3.05, 3.63) is 29.6 Å². The van der Waals surface area contributed by atoms with Crippen molar-refractivity contribution in [2.24, 2.45) is 5.73 Å². The second-order valence-electron chi connectivity index (χ2n) is 5.78. The number of nitrogens with two attached hydrogens (primary N) is 1. The number of amides is 1. The van der Waals surface area contributed by atoms with Crippen molar-refractivity contribution >= 4 is 5.91 Å². The summed E-state index contributed by atoms with van der Waals surface area (Å²) >= 11 is 0. The highest BCUT2D eigenvalue weighted by molar-refractivity contribution is 5.94. The van der Waals surface area contributed by atoms with Crippen molar-refractivity contribution in [3.63, 3.8) is 0 Å². The molecule has 0 aliphatic carbocycles. The quantitative estimate of drug-likeness (QED) is 0.783. The minimum absolute atomic E-state index is 0.0000109. The van der Waals surface area contributed by atoms with Gasteiger partial charge in [-0.15, -0.1) is 0 Å². The summed E-state index contributed by atoms with van der Waals surface area (Å²) in [6, 6.07) is 3.56. The second-order valence-corrected chi connectivity index (χ2v) is 5.78. The molecule has 1 amide bonds. The molecule has 1 aliphatic rings. The predicted octanol–water partition coefficient (Wildman–Crippen LogP) is 1.03. The van der Waals surface area contributed by atoms with Crippen LogP contribution in [0.3, 0.4) is 0 Å². The first-order chi connectivity index (χ1) is 9.93. The van der Waals surface area contributed by atoms with Gasteiger partial charge in [-0.25, -0.2) is 4.98 Å². The summed E-state index contributed by atoms with van der Waals surface area (Å²) in [5.41, 5.74) is 6.03. The summed E-state index contributed by atoms with van der Waals surface area (Å²) in [6.45, 7) is 7.28. The lowest BCUT2D eigenvalue weighted by Gasteiger charge is -2.41. The molecule has 1 aromatic heterocycles. The van der Waals surface area contributed by atoms with Gasteiger partial charge in [-0.1, -0.05) is 11.8 Å². The Morgan fingerprint density at radius 3 is 3.05 bits per heavy atom. The number of hydrogen-bond donors (Lipinski definition) is 1. The summed E-state index contributed by atoms with van der Waals surface area (Å²) in [5.74, 6) is 5.57. The van der Waals surface area contributed by atoms with E-state index < -0.39 is 0 Å². The molecular weight excluding hydrogens is 266 g/mol. The van der Waals surface area contributed by atoms with Crippen LogP contribution in [0.4, 0.5) is 0 Å². The van der Waals surface area contributed by atoms with Crippen molar-refractivity contribution in [3.8, 4) is 11.8 Å². The van der Waals surface area contributed by atoms with Crippen LogP contribution in [-0.2, 0) is 4.74 Å². The highest BCUT2D eigenvalue weighted by Crippen LogP contribution is 2.22. The molecule has 1 atom stereocenters. The zero-order valence-corrected chi connectivity index (χ0v) is 12.7. The molecule has 21 heavy (non-hydrogen) atoms. The summed E-state index contributed by atoms with van der Waals surface area (Å²) in [4.78, 5) is 18.7. The molecule has 0 radical (unpaired) electrons. The SMILES string of the molecule is CC1CN(C(=O)c2ncccc2C#CCN)CC(C)(C)O1. The topological polar surface area (TPSA) is 68.5 Å². The van der Waals surface area contributed by atoms with Crippen LogP contribution in [0.1, 0.15) is 36.8 Å². The molecule has 1 aliphatic heterocycles. The highest BCUT2D eigenvalue weighted by atomic mass is 16.5. The van der Waals surface area contributed by atoms with Crippen LogP contribution in [0, 0.1) is 11.8 Å². The average Bonchev–Trinajstić information content (AvgIpc) is 2.42. The Labute approximate surface area is 125 Å². The standard InChI is InChI=1S/C16H21N3O2/c1-12-10-19(11-16(2,3)21-12)15(20)14-13(6-4-8-17)7-5-9-18-14/h5,7,9,12H,8,10-11,17H2,1-3H3. The minimum Gasteiger partial charge on any atom is -0.369 e. The van der Waals surface area contributed by atoms with Gasteiger partial charge in [0.05, 0.1) is 23.8 Å². The molecular formula is C16H21N3O2. The maximum atomic E-state index is 12.7. The fourth-order valence-corrected chi connectivity index (χ4v) is 2.58. The van der Waals surface area contributed by atoms with E-state index in [0.29, 0.717) is 24.3 Å². The molecule has 0 bridgehead atoms. The molecule has 0 saturated carbocycles. The zero-order chi connectivity index (χ0) is 15.5. The van der Waals surface area contributed by atoms with Gasteiger partial charge in [0.1, 0.15) is 5.69 Å². The van der Waals surface area contributed by atoms with Gasteiger partial charge in [-0.05, 0) is 32.9 Å². The number of carbonyl (C=O) groups is 1. The van der Waals surface area contributed by atoms with Crippen LogP contribution in [0.15, 0.2) is 18.3 Å². The van der Waals surface area contributed by atoms with Crippen molar-refractivity contribution < 1.29 is 9.53 Å². The summed E-state index contributed by atoms with van der Waals surface area (Å²) in [5, 5.41) is 0. The van der Waals surface area contributed by atoms with Gasteiger partial charge in [0.15, 0.2) is 0 Å². The summed E-state index contributed by atoms with van der Waals surface area (Å²) < 4.78 is 5.83. The Morgan fingerprint density at radius 2 is 2.38 bits per heavy atom. The first-order valence-corrected chi connectivity index (χ1v) is 7.04. The van der Waals surface area contributed by atoms with E-state index in [1.807, 2.05) is 20.8 Å². The van der Waals surface area contributed by atoms with Gasteiger partial charge < -0.3 is 15.4 Å². The van der Waals surface area contributed by atoms with E-state index in [1.54, 1.807) is 23.2 Å². The molecule has 1 saturated heterocycles. The van der Waals surface area contributed by atoms with Gasteiger partial charge >= 0.3 is 0 Å². The molecule has 2 rings (SSSR count). The normalized spacial score (nSPS) is 20.6. The van der Waals surface area contributed by atoms with E-state index in [4.69, 9.17) is 10.5 Å². The third-order valence-corrected chi connectivity index (χ3v) is 3.19. The van der Waals surface area contributed by atoms with Gasteiger partial charge in [-0.3, -0.25) is 4.79 Å². The predicted molar refractivity (Wildman–Crippen MR) is 80.7 cm³/mol. The first kappa shape index (κ1) is 15.5. The number of hydrogen-bond acceptors (Lipinski definition) is 4. The Morgan fingerprint density at radius 1 is 1.62 bits per heavy atom. The monoisotopic (exact) mass is 287 g/mol. The molecule has 0 aromatic carbocycles. The van der Waals surface area contributed by atoms with Crippen molar-refractivity contribution in [2.75, 3.05) is 19.6 Å². The highest BCUT2D eigenvalue weighted by Gasteiger charge is 2.34. The number of aromatic nitrogens is 1. The number of ether oxygens (including phenoxy) is 1. The van der Waals surface area contributed by atoms with Gasteiger partial charge in [-0.2, -0.15) is 0 Å². The Bertz CT molecular complexity index is 587. The van der Waals surface area contributed by atoms with Crippen molar-refractivity contribution in [2.45, 2.75) is 32.5 Å². The Kier molecular flexibility index (Phi) is 4.61. The van der Waals surface area contributed by atoms with E-state index in [1.165, 1.54) is 0 Å². The van der Waals surface area contributed by atoms with Crippen LogP contribution < -0.4 is 5.73 Å². The largest absolute Gasteiger partial charge is 0.369 e. The number of rotatable bonds is 1. The molecule has 2 N–H and O–H groups in total. The molecule has 112 valence electrons. The van der Waals surface area contributed by atoms with E-state index in [2.05, 4.69) is 16.8 Å². The Balaban J connectivity index is 2.28. The average molecular weight is 287 g/mol. The molecule has 5 heteroatoms. The number of nitrogens with zero attached hydrogens (tertiary/aromatic N) is 2. The summed E-state index contributed by atoms with van der Waals surface area (Å²) in [6.07, 6.45) is 1.61. The number of pyridine rings is 1. The van der Waals surface area contributed by atoms with E-state index in [9.17, 15) is 4.79 Å². The maximum Gasteiger partial charge on any atom is 0.273 e. The lowest BCUT2D eigenvalue weighted by Crippen LogP contribution is -2.54. The van der Waals surface area contributed by atoms with Crippen LogP contribution in [0.5, 0.6) is 0 Å². The second kappa shape index (κ2) is 6.25. The van der Waals surface area contributed by atoms with Crippen LogP contribution >= 0.6 is 0 Å². The number of morpholine rings is 1. The minimum atomic E-state index is -0.356. The van der Waals surface area contributed by atoms with Crippen molar-refractivity contribution in [1.29, 1.82) is 0 Å². The summed E-state index contributed by atoms with van der Waals surface area (Å²) in [7, 11) is 0. The molecule has 1 aromatic rings. The molecule has 1 fully saturated rings. The van der Waals surface area contributed by atoms with Crippen LogP contribution in [0.25, 0.3) is 0 Å². The Hall–Kier alpha value is -1.90. The zero-order valence-electron chi connectivity index (χ0n) is 12.7. The van der Waals surface area contributed by atoms with Crippen LogP contribution in [-0.4, -0.2) is 47.1 Å². The molecule has 1 unspecified atom stereocenters. The molecule has 5 nitrogen and oxygen atoms in total. The smallest absolute Gasteiger partial charge is 0.273 e.